The van der Waals surface area contributed by atoms with Crippen LogP contribution in [0.4, 0.5) is 5.69 Å². The van der Waals surface area contributed by atoms with Crippen molar-refractivity contribution >= 4 is 40.2 Å². The van der Waals surface area contributed by atoms with Crippen LogP contribution in [0.3, 0.4) is 0 Å². The highest BCUT2D eigenvalue weighted by Crippen LogP contribution is 2.29. The number of aromatic nitrogens is 1. The minimum absolute atomic E-state index is 0.210. The van der Waals surface area contributed by atoms with Crippen LogP contribution in [0.15, 0.2) is 42.5 Å². The maximum absolute atomic E-state index is 12.8. The molecule has 3 heterocycles. The van der Waals surface area contributed by atoms with E-state index in [2.05, 4.69) is 15.6 Å². The number of carbonyl (C=O) groups is 4. The molecule has 4 amide bonds. The molecule has 31 heavy (non-hydrogen) atoms. The zero-order valence-corrected chi connectivity index (χ0v) is 16.8. The van der Waals surface area contributed by atoms with E-state index in [-0.39, 0.29) is 30.7 Å². The largest absolute Gasteiger partial charge is 0.350 e. The van der Waals surface area contributed by atoms with Crippen LogP contribution in [-0.2, 0) is 16.1 Å². The number of hydrogen-bond acceptors (Lipinski definition) is 4. The Hall–Kier alpha value is -3.94. The van der Waals surface area contributed by atoms with Crippen molar-refractivity contribution in [2.24, 2.45) is 0 Å². The Kier molecular flexibility index (Phi) is 4.35. The van der Waals surface area contributed by atoms with Gasteiger partial charge in [-0.2, -0.15) is 0 Å². The molecule has 1 aromatic heterocycles. The molecule has 156 valence electrons. The van der Waals surface area contributed by atoms with E-state index in [0.717, 1.165) is 22.0 Å². The molecule has 0 radical (unpaired) electrons. The predicted octanol–water partition coefficient (Wildman–Crippen LogP) is 2.49. The van der Waals surface area contributed by atoms with E-state index < -0.39 is 11.9 Å². The number of aryl methyl sites for hydroxylation is 1. The van der Waals surface area contributed by atoms with Crippen molar-refractivity contribution in [3.05, 3.63) is 64.8 Å². The van der Waals surface area contributed by atoms with Crippen molar-refractivity contribution < 1.29 is 19.2 Å². The van der Waals surface area contributed by atoms with E-state index in [1.807, 2.05) is 25.1 Å². The van der Waals surface area contributed by atoms with Crippen LogP contribution in [0.25, 0.3) is 10.9 Å². The molecule has 3 N–H and O–H groups in total. The quantitative estimate of drug-likeness (QED) is 0.570. The number of hydrogen-bond donors (Lipinski definition) is 3. The number of aromatic amines is 1. The number of para-hydroxylation sites is 1. The van der Waals surface area contributed by atoms with Gasteiger partial charge in [-0.1, -0.05) is 18.2 Å². The van der Waals surface area contributed by atoms with Crippen molar-refractivity contribution in [3.63, 3.8) is 0 Å². The van der Waals surface area contributed by atoms with Crippen LogP contribution in [-0.4, -0.2) is 39.6 Å². The number of fused-ring (bicyclic) bond motifs is 2. The molecule has 1 saturated heterocycles. The highest BCUT2D eigenvalue weighted by atomic mass is 16.2. The van der Waals surface area contributed by atoms with Crippen molar-refractivity contribution in [3.8, 4) is 0 Å². The lowest BCUT2D eigenvalue weighted by atomic mass is 10.0. The van der Waals surface area contributed by atoms with Gasteiger partial charge in [-0.15, -0.1) is 0 Å². The Balaban J connectivity index is 1.35. The molecular weight excluding hydrogens is 396 g/mol. The zero-order valence-electron chi connectivity index (χ0n) is 16.8. The summed E-state index contributed by atoms with van der Waals surface area (Å²) in [5.74, 6) is -1.28. The molecule has 8 nitrogen and oxygen atoms in total. The SMILES string of the molecule is Cc1cccc2cc(C(=O)Nc3ccc4c(c3)CN(C3CCC(=O)NC3=O)C4=O)[nH]c12. The predicted molar refractivity (Wildman–Crippen MR) is 113 cm³/mol. The van der Waals surface area contributed by atoms with Gasteiger partial charge in [-0.05, 0) is 48.7 Å². The molecular formula is C23H20N4O4. The molecule has 1 fully saturated rings. The summed E-state index contributed by atoms with van der Waals surface area (Å²) in [4.78, 5) is 53.7. The summed E-state index contributed by atoms with van der Waals surface area (Å²) in [5, 5.41) is 6.12. The lowest BCUT2D eigenvalue weighted by Gasteiger charge is -2.29. The van der Waals surface area contributed by atoms with E-state index in [0.29, 0.717) is 23.4 Å². The monoisotopic (exact) mass is 416 g/mol. The fourth-order valence-corrected chi connectivity index (χ4v) is 4.28. The molecule has 0 bridgehead atoms. The number of anilines is 1. The van der Waals surface area contributed by atoms with Gasteiger partial charge in [0.1, 0.15) is 11.7 Å². The molecule has 8 heteroatoms. The number of imide groups is 1. The smallest absolute Gasteiger partial charge is 0.272 e. The molecule has 5 rings (SSSR count). The molecule has 2 aliphatic rings. The molecule has 0 aliphatic carbocycles. The maximum atomic E-state index is 12.8. The lowest BCUT2D eigenvalue weighted by Crippen LogP contribution is -2.52. The Morgan fingerprint density at radius 3 is 2.74 bits per heavy atom. The van der Waals surface area contributed by atoms with Gasteiger partial charge in [0.2, 0.25) is 11.8 Å². The molecule has 2 aliphatic heterocycles. The van der Waals surface area contributed by atoms with Crippen molar-refractivity contribution in [2.45, 2.75) is 32.4 Å². The fraction of sp³-hybridized carbons (Fsp3) is 0.217. The van der Waals surface area contributed by atoms with Crippen molar-refractivity contribution in [1.29, 1.82) is 0 Å². The molecule has 2 aromatic carbocycles. The standard InChI is InChI=1S/C23H20N4O4/c1-12-3-2-4-13-10-17(25-20(12)13)21(29)24-15-5-6-16-14(9-15)11-27(23(16)31)18-7-8-19(28)26-22(18)30/h2-6,9-10,18,25H,7-8,11H2,1H3,(H,24,29)(H,26,28,30). The first-order valence-electron chi connectivity index (χ1n) is 10.1. The second-order valence-electron chi connectivity index (χ2n) is 7.95. The van der Waals surface area contributed by atoms with Crippen LogP contribution in [0, 0.1) is 6.92 Å². The number of rotatable bonds is 3. The average Bonchev–Trinajstić information content (AvgIpc) is 3.31. The summed E-state index contributed by atoms with van der Waals surface area (Å²) in [6, 6.07) is 12.1. The molecule has 0 saturated carbocycles. The third kappa shape index (κ3) is 3.26. The van der Waals surface area contributed by atoms with Crippen molar-refractivity contribution in [1.82, 2.24) is 15.2 Å². The molecule has 1 atom stereocenters. The first kappa shape index (κ1) is 19.0. The number of piperidine rings is 1. The van der Waals surface area contributed by atoms with Crippen LogP contribution >= 0.6 is 0 Å². The van der Waals surface area contributed by atoms with E-state index in [1.54, 1.807) is 24.3 Å². The second-order valence-corrected chi connectivity index (χ2v) is 7.95. The Labute approximate surface area is 177 Å². The van der Waals surface area contributed by atoms with Crippen LogP contribution in [0.2, 0.25) is 0 Å². The molecule has 1 unspecified atom stereocenters. The second kappa shape index (κ2) is 7.09. The summed E-state index contributed by atoms with van der Waals surface area (Å²) in [7, 11) is 0. The third-order valence-corrected chi connectivity index (χ3v) is 5.89. The highest BCUT2D eigenvalue weighted by molar-refractivity contribution is 6.08. The minimum Gasteiger partial charge on any atom is -0.350 e. The Bertz CT molecular complexity index is 1280. The van der Waals surface area contributed by atoms with Crippen molar-refractivity contribution in [2.75, 3.05) is 5.32 Å². The van der Waals surface area contributed by atoms with Gasteiger partial charge >= 0.3 is 0 Å². The zero-order chi connectivity index (χ0) is 21.7. The normalized spacial score (nSPS) is 18.3. The number of nitrogens with one attached hydrogen (secondary N) is 3. The van der Waals surface area contributed by atoms with Gasteiger partial charge in [0.15, 0.2) is 0 Å². The topological polar surface area (TPSA) is 111 Å². The van der Waals surface area contributed by atoms with E-state index in [9.17, 15) is 19.2 Å². The third-order valence-electron chi connectivity index (χ3n) is 5.89. The first-order chi connectivity index (χ1) is 14.9. The number of amides is 4. The minimum atomic E-state index is -0.662. The van der Waals surface area contributed by atoms with Gasteiger partial charge in [-0.25, -0.2) is 0 Å². The van der Waals surface area contributed by atoms with Crippen LogP contribution in [0.5, 0.6) is 0 Å². The summed E-state index contributed by atoms with van der Waals surface area (Å²) < 4.78 is 0. The Morgan fingerprint density at radius 2 is 1.97 bits per heavy atom. The first-order valence-corrected chi connectivity index (χ1v) is 10.1. The summed E-state index contributed by atoms with van der Waals surface area (Å²) >= 11 is 0. The van der Waals surface area contributed by atoms with E-state index in [4.69, 9.17) is 0 Å². The van der Waals surface area contributed by atoms with E-state index in [1.165, 1.54) is 4.90 Å². The van der Waals surface area contributed by atoms with Gasteiger partial charge in [0.25, 0.3) is 11.8 Å². The number of benzene rings is 2. The van der Waals surface area contributed by atoms with Crippen LogP contribution < -0.4 is 10.6 Å². The lowest BCUT2D eigenvalue weighted by molar-refractivity contribution is -0.136. The average molecular weight is 416 g/mol. The van der Waals surface area contributed by atoms with Gasteiger partial charge < -0.3 is 15.2 Å². The van der Waals surface area contributed by atoms with Gasteiger partial charge in [-0.3, -0.25) is 24.5 Å². The number of H-pyrrole nitrogens is 1. The number of carbonyl (C=O) groups excluding carboxylic acids is 4. The van der Waals surface area contributed by atoms with Gasteiger partial charge in [0.05, 0.1) is 0 Å². The van der Waals surface area contributed by atoms with E-state index >= 15 is 0 Å². The summed E-state index contributed by atoms with van der Waals surface area (Å²) in [6.45, 7) is 2.24. The summed E-state index contributed by atoms with van der Waals surface area (Å²) in [6.07, 6.45) is 0.523. The molecule has 3 aromatic rings. The Morgan fingerprint density at radius 1 is 1.13 bits per heavy atom. The summed E-state index contributed by atoms with van der Waals surface area (Å²) in [5.41, 5.74) is 4.24. The maximum Gasteiger partial charge on any atom is 0.272 e. The van der Waals surface area contributed by atoms with Gasteiger partial charge in [0, 0.05) is 35.1 Å². The highest BCUT2D eigenvalue weighted by Gasteiger charge is 2.39. The number of nitrogens with zero attached hydrogens (tertiary/aromatic N) is 1. The van der Waals surface area contributed by atoms with Crippen LogP contribution in [0.1, 0.15) is 44.8 Å². The fourth-order valence-electron chi connectivity index (χ4n) is 4.28. The molecule has 0 spiro atoms.